The molecule has 0 saturated carbocycles. The van der Waals surface area contributed by atoms with Crippen LogP contribution in [-0.2, 0) is 24.7 Å². The molecular formula is CH7Cl2SiZr. The first-order chi connectivity index (χ1) is 1.00. The minimum Gasteiger partial charge on any atom is -1.00 e. The van der Waals surface area contributed by atoms with Gasteiger partial charge in [0.05, 0.1) is 0 Å². The molecule has 0 aromatic rings. The molecule has 0 radical (unpaired) electrons. The molecule has 0 bridgehead atoms. The van der Waals surface area contributed by atoms with Crippen LogP contribution >= 0.6 is 0 Å². The van der Waals surface area contributed by atoms with Crippen LogP contribution in [0.3, 0.4) is 0 Å². The molecule has 0 saturated heterocycles. The predicted molar refractivity (Wildman–Crippen MR) is 17.2 cm³/mol. The zero-order valence-corrected chi connectivity index (χ0v) is 6.23. The van der Waals surface area contributed by atoms with Crippen molar-refractivity contribution in [1.82, 2.24) is 0 Å². The second kappa shape index (κ2) is 44.1. The Morgan fingerprint density at radius 2 is 1.00 bits per heavy atom. The van der Waals surface area contributed by atoms with E-state index in [0.717, 1.165) is 0 Å². The van der Waals surface area contributed by atoms with E-state index < -0.39 is 0 Å². The standard InChI is InChI=1S/CH3.2ClH.H4Si.Zr/h1H3;2*1H;1H4;/q;;;;+2/p-2. The molecule has 0 fully saturated rings. The molecule has 33 valence electrons. The molecule has 5 heavy (non-hydrogen) atoms. The van der Waals surface area contributed by atoms with Gasteiger partial charge in [0, 0.05) is 0 Å². The van der Waals surface area contributed by atoms with Crippen molar-refractivity contribution >= 4 is 11.0 Å². The van der Waals surface area contributed by atoms with E-state index in [-0.39, 0.29) is 35.8 Å². The molecule has 4 heteroatoms. The van der Waals surface area contributed by atoms with Crippen LogP contribution in [0.1, 0.15) is 0 Å². The van der Waals surface area contributed by atoms with Crippen molar-refractivity contribution < 1.29 is 49.5 Å². The molecule has 0 aliphatic heterocycles. The predicted octanol–water partition coefficient (Wildman–Crippen LogP) is -6.86. The maximum absolute atomic E-state index is 2.09. The van der Waals surface area contributed by atoms with Gasteiger partial charge in [-0.3, -0.25) is 0 Å². The summed E-state index contributed by atoms with van der Waals surface area (Å²) >= 11 is 1.55. The SMILES string of the molecule is [CH3][Zr+2].[Cl-].[Cl-].[SiH4]. The molecule has 0 rings (SSSR count). The summed E-state index contributed by atoms with van der Waals surface area (Å²) in [5, 5.41) is 0. The Kier molecular flexibility index (Phi) is 265. The Hall–Kier alpha value is 1.68. The molecule has 0 heterocycles. The summed E-state index contributed by atoms with van der Waals surface area (Å²) in [6.45, 7) is 0. The van der Waals surface area contributed by atoms with Gasteiger partial charge < -0.3 is 24.8 Å². The minimum absolute atomic E-state index is 0. The molecular weight excluding hydrogens is 202 g/mol. The Bertz CT molecular complexity index is 9.61. The Balaban J connectivity index is -0.00000000167. The fourth-order valence-electron chi connectivity index (χ4n) is 0. The first kappa shape index (κ1) is 30.0. The topological polar surface area (TPSA) is 0 Å². The van der Waals surface area contributed by atoms with Gasteiger partial charge >= 0.3 is 29.4 Å². The molecule has 0 aliphatic carbocycles. The fraction of sp³-hybridized carbons (Fsp3) is 1.00. The van der Waals surface area contributed by atoms with Crippen LogP contribution in [0.5, 0.6) is 0 Å². The van der Waals surface area contributed by atoms with Crippen molar-refractivity contribution in [2.75, 3.05) is 0 Å². The summed E-state index contributed by atoms with van der Waals surface area (Å²) in [7, 11) is 0. The molecule has 0 amide bonds. The Labute approximate surface area is 64.8 Å². The molecule has 0 aromatic heterocycles. The summed E-state index contributed by atoms with van der Waals surface area (Å²) in [6.07, 6.45) is 0. The normalized spacial score (nSPS) is 1.40. The molecule has 0 aromatic carbocycles. The molecule has 0 unspecified atom stereocenters. The van der Waals surface area contributed by atoms with Crippen LogP contribution in [0.2, 0.25) is 4.63 Å². The van der Waals surface area contributed by atoms with E-state index in [9.17, 15) is 0 Å². The van der Waals surface area contributed by atoms with Crippen LogP contribution in [0.25, 0.3) is 0 Å². The summed E-state index contributed by atoms with van der Waals surface area (Å²) in [4.78, 5) is 0. The van der Waals surface area contributed by atoms with Gasteiger partial charge in [0.1, 0.15) is 0 Å². The van der Waals surface area contributed by atoms with Crippen LogP contribution in [0.15, 0.2) is 0 Å². The third-order valence-electron chi connectivity index (χ3n) is 0. The molecule has 0 nitrogen and oxygen atoms in total. The van der Waals surface area contributed by atoms with Crippen molar-refractivity contribution in [2.24, 2.45) is 0 Å². The van der Waals surface area contributed by atoms with Crippen molar-refractivity contribution in [3.8, 4) is 0 Å². The summed E-state index contributed by atoms with van der Waals surface area (Å²) in [5.74, 6) is 0. The smallest absolute Gasteiger partial charge is 0.0149 e. The van der Waals surface area contributed by atoms with Gasteiger partial charge in [-0.05, 0) is 11.0 Å². The van der Waals surface area contributed by atoms with E-state index in [0.29, 0.717) is 0 Å². The second-order valence-corrected chi connectivity index (χ2v) is 0. The van der Waals surface area contributed by atoms with Gasteiger partial charge in [0.25, 0.3) is 0 Å². The van der Waals surface area contributed by atoms with Crippen LogP contribution in [-0.4, -0.2) is 11.0 Å². The third-order valence-corrected chi connectivity index (χ3v) is 0. The molecule has 0 spiro atoms. The summed E-state index contributed by atoms with van der Waals surface area (Å²) in [5.41, 5.74) is 0. The van der Waals surface area contributed by atoms with Gasteiger partial charge in [-0.25, -0.2) is 0 Å². The third kappa shape index (κ3) is 27.3. The average Bonchev–Trinajstić information content (AvgIpc) is 1.00. The van der Waals surface area contributed by atoms with Crippen molar-refractivity contribution in [3.63, 3.8) is 0 Å². The number of halogens is 2. The van der Waals surface area contributed by atoms with Crippen LogP contribution < -0.4 is 24.8 Å². The Morgan fingerprint density at radius 1 is 1.00 bits per heavy atom. The van der Waals surface area contributed by atoms with E-state index in [1.54, 1.807) is 24.7 Å². The van der Waals surface area contributed by atoms with E-state index >= 15 is 0 Å². The molecule has 0 atom stereocenters. The molecule has 0 N–H and O–H groups in total. The quantitative estimate of drug-likeness (QED) is 0.348. The van der Waals surface area contributed by atoms with Gasteiger partial charge in [-0.1, -0.05) is 0 Å². The zero-order chi connectivity index (χ0) is 2.00. The first-order valence-electron chi connectivity index (χ1n) is 0.500. The molecule has 0 aliphatic rings. The maximum atomic E-state index is 2.09. The van der Waals surface area contributed by atoms with Crippen molar-refractivity contribution in [1.29, 1.82) is 0 Å². The zero-order valence-electron chi connectivity index (χ0n) is 2.26. The number of hydrogen-bond acceptors (Lipinski definition) is 0. The van der Waals surface area contributed by atoms with Gasteiger partial charge in [-0.15, -0.1) is 0 Å². The van der Waals surface area contributed by atoms with Gasteiger partial charge in [0.15, 0.2) is 0 Å². The van der Waals surface area contributed by atoms with Crippen LogP contribution in [0, 0.1) is 0 Å². The van der Waals surface area contributed by atoms with E-state index in [2.05, 4.69) is 4.63 Å². The Morgan fingerprint density at radius 3 is 1.00 bits per heavy atom. The van der Waals surface area contributed by atoms with Crippen molar-refractivity contribution in [2.45, 2.75) is 4.63 Å². The minimum atomic E-state index is 0. The number of rotatable bonds is 0. The monoisotopic (exact) mass is 207 g/mol. The summed E-state index contributed by atoms with van der Waals surface area (Å²) < 4.78 is 2.09. The van der Waals surface area contributed by atoms with E-state index in [1.807, 2.05) is 0 Å². The van der Waals surface area contributed by atoms with Gasteiger partial charge in [-0.2, -0.15) is 0 Å². The average molecular weight is 209 g/mol. The maximum Gasteiger partial charge on any atom is -0.0149 e. The first-order valence-corrected chi connectivity index (χ1v) is 2.96. The van der Waals surface area contributed by atoms with E-state index in [4.69, 9.17) is 0 Å². The second-order valence-electron chi connectivity index (χ2n) is 0. The fourth-order valence-corrected chi connectivity index (χ4v) is 0. The van der Waals surface area contributed by atoms with Crippen LogP contribution in [0.4, 0.5) is 0 Å². The number of hydrogen-bond donors (Lipinski definition) is 0. The van der Waals surface area contributed by atoms with Gasteiger partial charge in [0.2, 0.25) is 0 Å². The van der Waals surface area contributed by atoms with Crippen molar-refractivity contribution in [3.05, 3.63) is 0 Å². The largest absolute Gasteiger partial charge is 1.00 e. The summed E-state index contributed by atoms with van der Waals surface area (Å²) in [6, 6.07) is 0. The van der Waals surface area contributed by atoms with E-state index in [1.165, 1.54) is 0 Å².